The van der Waals surface area contributed by atoms with Crippen molar-refractivity contribution in [3.05, 3.63) is 71.8 Å². The summed E-state index contributed by atoms with van der Waals surface area (Å²) in [5.74, 6) is 0.0335. The molecule has 0 atom stereocenters. The Morgan fingerprint density at radius 3 is 2.52 bits per heavy atom. The number of carbonyl (C=O) groups excluding carboxylic acids is 2. The van der Waals surface area contributed by atoms with Gasteiger partial charge in [0.2, 0.25) is 0 Å². The lowest BCUT2D eigenvalue weighted by molar-refractivity contribution is -0.119. The lowest BCUT2D eigenvalue weighted by Gasteiger charge is -2.19. The van der Waals surface area contributed by atoms with Crippen molar-refractivity contribution in [2.45, 2.75) is 6.42 Å². The normalized spacial score (nSPS) is 10.6. The average Bonchev–Trinajstić information content (AvgIpc) is 2.75. The highest BCUT2D eigenvalue weighted by Gasteiger charge is 2.16. The summed E-state index contributed by atoms with van der Waals surface area (Å²) in [6, 6.07) is 19.3. The van der Waals surface area contributed by atoms with E-state index in [-0.39, 0.29) is 12.5 Å². The number of methoxy groups -OCH3 is 1. The number of fused-ring (bicyclic) bond motifs is 1. The number of rotatable bonds is 8. The van der Waals surface area contributed by atoms with Crippen LogP contribution in [0.25, 0.3) is 10.8 Å². The molecule has 0 saturated heterocycles. The highest BCUT2D eigenvalue weighted by atomic mass is 16.5. The third kappa shape index (κ3) is 4.85. The van der Waals surface area contributed by atoms with E-state index in [1.165, 1.54) is 23.4 Å². The van der Waals surface area contributed by atoms with Crippen LogP contribution in [-0.4, -0.2) is 44.0 Å². The van der Waals surface area contributed by atoms with E-state index in [2.05, 4.69) is 24.3 Å². The minimum Gasteiger partial charge on any atom is -0.493 e. The van der Waals surface area contributed by atoms with E-state index in [0.717, 1.165) is 6.42 Å². The fraction of sp³-hybridized carbons (Fsp3) is 0.217. The molecular formula is C23H24N2O4. The number of nitrogens with zero attached hydrogens (tertiary/aromatic N) is 1. The van der Waals surface area contributed by atoms with Gasteiger partial charge in [0.1, 0.15) is 0 Å². The molecule has 0 fully saturated rings. The molecule has 0 heterocycles. The molecule has 0 aliphatic heterocycles. The molecule has 0 bridgehead atoms. The molecule has 0 aliphatic rings. The number of amides is 2. The number of hydrogen-bond acceptors (Lipinski definition) is 4. The summed E-state index contributed by atoms with van der Waals surface area (Å²) >= 11 is 0. The second-order valence-electron chi connectivity index (χ2n) is 6.74. The van der Waals surface area contributed by atoms with Crippen LogP contribution in [0.2, 0.25) is 0 Å². The number of carbonyl (C=O) groups is 2. The van der Waals surface area contributed by atoms with E-state index in [4.69, 9.17) is 15.2 Å². The molecule has 0 radical (unpaired) electrons. The number of benzene rings is 3. The Labute approximate surface area is 169 Å². The van der Waals surface area contributed by atoms with Crippen LogP contribution in [0, 0.1) is 0 Å². The van der Waals surface area contributed by atoms with Crippen molar-refractivity contribution in [2.75, 3.05) is 27.3 Å². The molecule has 2 amide bonds. The van der Waals surface area contributed by atoms with Gasteiger partial charge < -0.3 is 20.1 Å². The van der Waals surface area contributed by atoms with Crippen molar-refractivity contribution < 1.29 is 19.1 Å². The number of primary amides is 1. The molecule has 0 saturated carbocycles. The van der Waals surface area contributed by atoms with E-state index in [1.807, 2.05) is 18.2 Å². The van der Waals surface area contributed by atoms with Gasteiger partial charge in [-0.25, -0.2) is 0 Å². The van der Waals surface area contributed by atoms with Gasteiger partial charge in [-0.1, -0.05) is 42.5 Å². The fourth-order valence-corrected chi connectivity index (χ4v) is 3.19. The Morgan fingerprint density at radius 1 is 1.00 bits per heavy atom. The van der Waals surface area contributed by atoms with Gasteiger partial charge in [0.25, 0.3) is 11.8 Å². The zero-order valence-electron chi connectivity index (χ0n) is 16.6. The zero-order chi connectivity index (χ0) is 20.8. The topological polar surface area (TPSA) is 81.9 Å². The predicted molar refractivity (Wildman–Crippen MR) is 112 cm³/mol. The summed E-state index contributed by atoms with van der Waals surface area (Å²) in [4.78, 5) is 25.4. The van der Waals surface area contributed by atoms with Crippen LogP contribution in [0.5, 0.6) is 11.5 Å². The first-order chi connectivity index (χ1) is 14.0. The highest BCUT2D eigenvalue weighted by Crippen LogP contribution is 2.28. The molecular weight excluding hydrogens is 368 g/mol. The van der Waals surface area contributed by atoms with Crippen molar-refractivity contribution in [2.24, 2.45) is 5.73 Å². The SMILES string of the molecule is COc1cc(C(=O)N(C)CCc2cccc3ccccc23)ccc1OCC(N)=O. The Kier molecular flexibility index (Phi) is 6.34. The monoisotopic (exact) mass is 392 g/mol. The van der Waals surface area contributed by atoms with Crippen molar-refractivity contribution in [1.29, 1.82) is 0 Å². The minimum atomic E-state index is -0.583. The average molecular weight is 392 g/mol. The zero-order valence-corrected chi connectivity index (χ0v) is 16.6. The Hall–Kier alpha value is -3.54. The fourth-order valence-electron chi connectivity index (χ4n) is 3.19. The Balaban J connectivity index is 1.70. The Morgan fingerprint density at radius 2 is 1.76 bits per heavy atom. The van der Waals surface area contributed by atoms with Crippen molar-refractivity contribution in [3.63, 3.8) is 0 Å². The van der Waals surface area contributed by atoms with Gasteiger partial charge in [-0.15, -0.1) is 0 Å². The highest BCUT2D eigenvalue weighted by molar-refractivity contribution is 5.95. The molecule has 2 N–H and O–H groups in total. The van der Waals surface area contributed by atoms with Crippen molar-refractivity contribution in [1.82, 2.24) is 4.90 Å². The molecule has 0 aliphatic carbocycles. The molecule has 0 spiro atoms. The summed E-state index contributed by atoms with van der Waals surface area (Å²) in [6.45, 7) is 0.323. The second kappa shape index (κ2) is 9.10. The molecule has 6 nitrogen and oxygen atoms in total. The van der Waals surface area contributed by atoms with Gasteiger partial charge in [0.15, 0.2) is 18.1 Å². The molecule has 6 heteroatoms. The van der Waals surface area contributed by atoms with Gasteiger partial charge in [-0.2, -0.15) is 0 Å². The van der Waals surface area contributed by atoms with E-state index in [0.29, 0.717) is 23.6 Å². The summed E-state index contributed by atoms with van der Waals surface area (Å²) in [6.07, 6.45) is 0.751. The third-order valence-corrected chi connectivity index (χ3v) is 4.72. The van der Waals surface area contributed by atoms with Crippen LogP contribution in [0.1, 0.15) is 15.9 Å². The van der Waals surface area contributed by atoms with Crippen LogP contribution in [-0.2, 0) is 11.2 Å². The first-order valence-electron chi connectivity index (χ1n) is 9.31. The first-order valence-corrected chi connectivity index (χ1v) is 9.31. The Bertz CT molecular complexity index is 1030. The van der Waals surface area contributed by atoms with Gasteiger partial charge in [0.05, 0.1) is 7.11 Å². The molecule has 3 rings (SSSR count). The maximum absolute atomic E-state index is 12.8. The molecule has 3 aromatic carbocycles. The number of likely N-dealkylation sites (N-methyl/N-ethyl adjacent to an activating group) is 1. The summed E-state index contributed by atoms with van der Waals surface area (Å²) in [5, 5.41) is 2.39. The number of nitrogens with two attached hydrogens (primary N) is 1. The van der Waals surface area contributed by atoms with Crippen LogP contribution in [0.4, 0.5) is 0 Å². The number of ether oxygens (including phenoxy) is 2. The van der Waals surface area contributed by atoms with Crippen LogP contribution < -0.4 is 15.2 Å². The van der Waals surface area contributed by atoms with Crippen LogP contribution >= 0.6 is 0 Å². The maximum atomic E-state index is 12.8. The molecule has 150 valence electrons. The van der Waals surface area contributed by atoms with Crippen LogP contribution in [0.15, 0.2) is 60.7 Å². The van der Waals surface area contributed by atoms with E-state index in [1.54, 1.807) is 30.1 Å². The number of hydrogen-bond donors (Lipinski definition) is 1. The minimum absolute atomic E-state index is 0.120. The lowest BCUT2D eigenvalue weighted by atomic mass is 10.0. The van der Waals surface area contributed by atoms with Gasteiger partial charge in [0, 0.05) is 19.2 Å². The van der Waals surface area contributed by atoms with Crippen molar-refractivity contribution in [3.8, 4) is 11.5 Å². The van der Waals surface area contributed by atoms with Crippen molar-refractivity contribution >= 4 is 22.6 Å². The van der Waals surface area contributed by atoms with E-state index >= 15 is 0 Å². The standard InChI is InChI=1S/C23H24N2O4/c1-25(13-12-17-8-5-7-16-6-3-4-9-19(16)17)23(27)18-10-11-20(21(14-18)28-2)29-15-22(24)26/h3-11,14H,12-13,15H2,1-2H3,(H2,24,26). The summed E-state index contributed by atoms with van der Waals surface area (Å²) < 4.78 is 10.6. The van der Waals surface area contributed by atoms with E-state index in [9.17, 15) is 9.59 Å². The lowest BCUT2D eigenvalue weighted by Crippen LogP contribution is -2.29. The largest absolute Gasteiger partial charge is 0.493 e. The van der Waals surface area contributed by atoms with Gasteiger partial charge in [-0.05, 0) is 41.0 Å². The summed E-state index contributed by atoms with van der Waals surface area (Å²) in [7, 11) is 3.25. The molecule has 0 aromatic heterocycles. The van der Waals surface area contributed by atoms with Gasteiger partial charge >= 0.3 is 0 Å². The molecule has 3 aromatic rings. The predicted octanol–water partition coefficient (Wildman–Crippen LogP) is 3.03. The third-order valence-electron chi connectivity index (χ3n) is 4.72. The van der Waals surface area contributed by atoms with E-state index < -0.39 is 5.91 Å². The maximum Gasteiger partial charge on any atom is 0.255 e. The quantitative estimate of drug-likeness (QED) is 0.639. The van der Waals surface area contributed by atoms with Gasteiger partial charge in [-0.3, -0.25) is 9.59 Å². The summed E-state index contributed by atoms with van der Waals surface area (Å²) in [5.41, 5.74) is 6.78. The smallest absolute Gasteiger partial charge is 0.255 e. The van der Waals surface area contributed by atoms with Crippen LogP contribution in [0.3, 0.4) is 0 Å². The first kappa shape index (κ1) is 20.2. The molecule has 0 unspecified atom stereocenters. The second-order valence-corrected chi connectivity index (χ2v) is 6.74. The molecule has 29 heavy (non-hydrogen) atoms.